The van der Waals surface area contributed by atoms with Crippen molar-refractivity contribution < 1.29 is 9.53 Å². The quantitative estimate of drug-likeness (QED) is 0.447. The van der Waals surface area contributed by atoms with Crippen LogP contribution in [0.15, 0.2) is 64.5 Å². The fourth-order valence-corrected chi connectivity index (χ4v) is 3.14. The van der Waals surface area contributed by atoms with E-state index in [9.17, 15) is 4.79 Å². The van der Waals surface area contributed by atoms with E-state index in [0.29, 0.717) is 10.5 Å². The standard InChI is InChI=1S/C19H21NO2S/c1-14-7-5-8-15(11-14)19(21)18(13-20(2)3)23-17-10-6-9-16(12-17)22-4/h5-13H,1-4H3/b18-13-. The molecule has 2 aromatic carbocycles. The molecular weight excluding hydrogens is 306 g/mol. The molecule has 0 fully saturated rings. The minimum Gasteiger partial charge on any atom is -0.497 e. The molecule has 0 unspecified atom stereocenters. The van der Waals surface area contributed by atoms with Crippen LogP contribution in [0.1, 0.15) is 15.9 Å². The number of benzene rings is 2. The van der Waals surface area contributed by atoms with Crippen LogP contribution < -0.4 is 4.74 Å². The van der Waals surface area contributed by atoms with Crippen LogP contribution in [-0.2, 0) is 0 Å². The number of ether oxygens (including phenoxy) is 1. The molecule has 0 saturated heterocycles. The maximum absolute atomic E-state index is 12.8. The van der Waals surface area contributed by atoms with Gasteiger partial charge in [-0.3, -0.25) is 4.79 Å². The average molecular weight is 327 g/mol. The second kappa shape index (κ2) is 7.88. The van der Waals surface area contributed by atoms with Crippen molar-refractivity contribution in [3.63, 3.8) is 0 Å². The first-order valence-electron chi connectivity index (χ1n) is 7.31. The van der Waals surface area contributed by atoms with E-state index < -0.39 is 0 Å². The van der Waals surface area contributed by atoms with Crippen molar-refractivity contribution in [3.05, 3.63) is 70.8 Å². The maximum Gasteiger partial charge on any atom is 0.201 e. The number of nitrogens with zero attached hydrogens (tertiary/aromatic N) is 1. The third-order valence-corrected chi connectivity index (χ3v) is 4.15. The van der Waals surface area contributed by atoms with E-state index in [-0.39, 0.29) is 5.78 Å². The third-order valence-electron chi connectivity index (χ3n) is 3.15. The second-order valence-electron chi connectivity index (χ2n) is 5.44. The Morgan fingerprint density at radius 2 is 1.87 bits per heavy atom. The second-order valence-corrected chi connectivity index (χ2v) is 6.55. The number of Topliss-reactive ketones (excluding diaryl/α,β-unsaturated/α-hetero) is 1. The Morgan fingerprint density at radius 3 is 2.52 bits per heavy atom. The lowest BCUT2D eigenvalue weighted by molar-refractivity contribution is 0.104. The van der Waals surface area contributed by atoms with E-state index in [4.69, 9.17) is 4.74 Å². The van der Waals surface area contributed by atoms with Crippen molar-refractivity contribution in [2.24, 2.45) is 0 Å². The third kappa shape index (κ3) is 4.89. The topological polar surface area (TPSA) is 29.5 Å². The van der Waals surface area contributed by atoms with Gasteiger partial charge in [0.25, 0.3) is 0 Å². The molecule has 2 aromatic rings. The van der Waals surface area contributed by atoms with Crippen LogP contribution in [-0.4, -0.2) is 31.9 Å². The van der Waals surface area contributed by atoms with Gasteiger partial charge in [-0.2, -0.15) is 0 Å². The van der Waals surface area contributed by atoms with Crippen molar-refractivity contribution in [3.8, 4) is 5.75 Å². The lowest BCUT2D eigenvalue weighted by Crippen LogP contribution is -2.08. The molecular formula is C19H21NO2S. The monoisotopic (exact) mass is 327 g/mol. The number of carbonyl (C=O) groups is 1. The van der Waals surface area contributed by atoms with Crippen LogP contribution in [0.3, 0.4) is 0 Å². The summed E-state index contributed by atoms with van der Waals surface area (Å²) in [6.07, 6.45) is 1.86. The molecule has 0 bridgehead atoms. The van der Waals surface area contributed by atoms with E-state index in [2.05, 4.69) is 0 Å². The smallest absolute Gasteiger partial charge is 0.201 e. The molecule has 0 N–H and O–H groups in total. The highest BCUT2D eigenvalue weighted by molar-refractivity contribution is 8.04. The van der Waals surface area contributed by atoms with Gasteiger partial charge in [-0.05, 0) is 31.2 Å². The molecule has 0 aliphatic carbocycles. The maximum atomic E-state index is 12.8. The molecule has 0 radical (unpaired) electrons. The normalized spacial score (nSPS) is 11.2. The molecule has 3 nitrogen and oxygen atoms in total. The summed E-state index contributed by atoms with van der Waals surface area (Å²) in [5.41, 5.74) is 1.78. The Hall–Kier alpha value is -2.20. The van der Waals surface area contributed by atoms with E-state index in [1.165, 1.54) is 11.8 Å². The van der Waals surface area contributed by atoms with E-state index in [0.717, 1.165) is 16.2 Å². The van der Waals surface area contributed by atoms with Gasteiger partial charge in [0, 0.05) is 30.8 Å². The van der Waals surface area contributed by atoms with E-state index in [1.807, 2.05) is 80.6 Å². The highest BCUT2D eigenvalue weighted by Crippen LogP contribution is 2.31. The molecule has 2 rings (SSSR count). The SMILES string of the molecule is COc1cccc(S/C(=C\N(C)C)C(=O)c2cccc(C)c2)c1. The van der Waals surface area contributed by atoms with Gasteiger partial charge in [-0.25, -0.2) is 0 Å². The number of carbonyl (C=O) groups excluding carboxylic acids is 1. The summed E-state index contributed by atoms with van der Waals surface area (Å²) in [6.45, 7) is 1.99. The first-order valence-corrected chi connectivity index (χ1v) is 8.13. The van der Waals surface area contributed by atoms with Crippen LogP contribution in [0.2, 0.25) is 0 Å². The van der Waals surface area contributed by atoms with Gasteiger partial charge in [0.2, 0.25) is 5.78 Å². The fourth-order valence-electron chi connectivity index (χ4n) is 2.09. The molecule has 0 amide bonds. The molecule has 0 aliphatic rings. The van der Waals surface area contributed by atoms with Crippen molar-refractivity contribution in [1.82, 2.24) is 4.90 Å². The van der Waals surface area contributed by atoms with Gasteiger partial charge in [-0.15, -0.1) is 0 Å². The van der Waals surface area contributed by atoms with Crippen LogP contribution in [0.25, 0.3) is 0 Å². The van der Waals surface area contributed by atoms with Gasteiger partial charge in [-0.1, -0.05) is 41.6 Å². The zero-order chi connectivity index (χ0) is 16.8. The summed E-state index contributed by atoms with van der Waals surface area (Å²) < 4.78 is 5.25. The molecule has 0 aromatic heterocycles. The predicted octanol–water partition coefficient (Wildman–Crippen LogP) is 4.38. The van der Waals surface area contributed by atoms with Crippen LogP contribution in [0, 0.1) is 6.92 Å². The molecule has 4 heteroatoms. The van der Waals surface area contributed by atoms with Gasteiger partial charge < -0.3 is 9.64 Å². The summed E-state index contributed by atoms with van der Waals surface area (Å²) in [5, 5.41) is 0. The minimum absolute atomic E-state index is 0.0234. The van der Waals surface area contributed by atoms with Crippen molar-refractivity contribution >= 4 is 17.5 Å². The number of hydrogen-bond acceptors (Lipinski definition) is 4. The summed E-state index contributed by atoms with van der Waals surface area (Å²) in [4.78, 5) is 16.4. The van der Waals surface area contributed by atoms with E-state index in [1.54, 1.807) is 7.11 Å². The molecule has 0 heterocycles. The van der Waals surface area contributed by atoms with E-state index >= 15 is 0 Å². The van der Waals surface area contributed by atoms with Crippen LogP contribution in [0.5, 0.6) is 5.75 Å². The highest BCUT2D eigenvalue weighted by Gasteiger charge is 2.15. The Kier molecular flexibility index (Phi) is 5.88. The van der Waals surface area contributed by atoms with Crippen LogP contribution >= 0.6 is 11.8 Å². The van der Waals surface area contributed by atoms with Crippen molar-refractivity contribution in [2.75, 3.05) is 21.2 Å². The predicted molar refractivity (Wildman–Crippen MR) is 96.1 cm³/mol. The molecule has 0 aliphatic heterocycles. The number of rotatable bonds is 6. The Bertz CT molecular complexity index is 723. The molecule has 23 heavy (non-hydrogen) atoms. The number of thioether (sulfide) groups is 1. The van der Waals surface area contributed by atoms with Gasteiger partial charge in [0.1, 0.15) is 5.75 Å². The molecule has 0 spiro atoms. The lowest BCUT2D eigenvalue weighted by atomic mass is 10.1. The Morgan fingerprint density at radius 1 is 1.13 bits per heavy atom. The highest BCUT2D eigenvalue weighted by atomic mass is 32.2. The largest absolute Gasteiger partial charge is 0.497 e. The average Bonchev–Trinajstić information content (AvgIpc) is 2.53. The molecule has 0 atom stereocenters. The first-order chi connectivity index (χ1) is 11.0. The summed E-state index contributed by atoms with van der Waals surface area (Å²) in [7, 11) is 5.46. The number of ketones is 1. The summed E-state index contributed by atoms with van der Waals surface area (Å²) >= 11 is 1.45. The number of allylic oxidation sites excluding steroid dienone is 1. The van der Waals surface area contributed by atoms with Crippen molar-refractivity contribution in [2.45, 2.75) is 11.8 Å². The van der Waals surface area contributed by atoms with Gasteiger partial charge in [0.15, 0.2) is 0 Å². The molecule has 120 valence electrons. The first kappa shape index (κ1) is 17.2. The zero-order valence-electron chi connectivity index (χ0n) is 13.9. The summed E-state index contributed by atoms with van der Waals surface area (Å²) in [5.74, 6) is 0.803. The number of aryl methyl sites for hydroxylation is 1. The van der Waals surface area contributed by atoms with Gasteiger partial charge in [0.05, 0.1) is 12.0 Å². The zero-order valence-corrected chi connectivity index (χ0v) is 14.7. The van der Waals surface area contributed by atoms with Gasteiger partial charge >= 0.3 is 0 Å². The summed E-state index contributed by atoms with van der Waals surface area (Å²) in [6, 6.07) is 15.4. The lowest BCUT2D eigenvalue weighted by Gasteiger charge is -2.12. The van der Waals surface area contributed by atoms with Crippen LogP contribution in [0.4, 0.5) is 0 Å². The molecule has 0 saturated carbocycles. The Labute approximate surface area is 142 Å². The minimum atomic E-state index is 0.0234. The number of hydrogen-bond donors (Lipinski definition) is 0. The van der Waals surface area contributed by atoms with Crippen molar-refractivity contribution in [1.29, 1.82) is 0 Å². The fraction of sp³-hybridized carbons (Fsp3) is 0.211. The number of methoxy groups -OCH3 is 1. The Balaban J connectivity index is 2.32.